The van der Waals surface area contributed by atoms with Gasteiger partial charge < -0.3 is 15.3 Å². The van der Waals surface area contributed by atoms with Crippen molar-refractivity contribution in [2.75, 3.05) is 13.1 Å². The van der Waals surface area contributed by atoms with Crippen molar-refractivity contribution in [3.8, 4) is 17.0 Å². The molecule has 0 radical (unpaired) electrons. The van der Waals surface area contributed by atoms with Gasteiger partial charge in [0.1, 0.15) is 0 Å². The Morgan fingerprint density at radius 2 is 2.10 bits per heavy atom. The number of aryl methyl sites for hydroxylation is 1. The number of phenolic OH excluding ortho intramolecular Hbond substituents is 1. The van der Waals surface area contributed by atoms with Gasteiger partial charge in [0.2, 0.25) is 5.91 Å². The Hall–Kier alpha value is -3.49. The summed E-state index contributed by atoms with van der Waals surface area (Å²) in [6.07, 6.45) is 0. The van der Waals surface area contributed by atoms with Crippen molar-refractivity contribution in [2.45, 2.75) is 26.8 Å². The minimum absolute atomic E-state index is 0.0358. The molecule has 1 unspecified atom stereocenters. The van der Waals surface area contributed by atoms with Gasteiger partial charge in [0.25, 0.3) is 5.91 Å². The number of carbonyl (C=O) groups is 2. The molecule has 30 heavy (non-hydrogen) atoms. The van der Waals surface area contributed by atoms with Gasteiger partial charge in [-0.15, -0.1) is 0 Å². The zero-order valence-corrected chi connectivity index (χ0v) is 16.9. The fraction of sp³-hybridized carbons (Fsp3) is 0.333. The molecule has 4 rings (SSSR count). The number of carbonyl (C=O) groups excluding carboxylic acids is 2. The maximum absolute atomic E-state index is 13.9. The lowest BCUT2D eigenvalue weighted by atomic mass is 10.00. The van der Waals surface area contributed by atoms with E-state index in [1.54, 1.807) is 13.0 Å². The van der Waals surface area contributed by atoms with Crippen LogP contribution in [0, 0.1) is 18.7 Å². The smallest absolute Gasteiger partial charge is 0.255 e. The van der Waals surface area contributed by atoms with E-state index >= 15 is 0 Å². The third-order valence-electron chi connectivity index (χ3n) is 5.37. The molecule has 2 aromatic heterocycles. The molecule has 1 atom stereocenters. The molecule has 3 N–H and O–H groups in total. The van der Waals surface area contributed by atoms with Gasteiger partial charge in [-0.05, 0) is 37.1 Å². The minimum Gasteiger partial charge on any atom is -0.505 e. The molecule has 3 aromatic rings. The van der Waals surface area contributed by atoms with Crippen LogP contribution in [0.2, 0.25) is 0 Å². The number of H-pyrrole nitrogens is 1. The van der Waals surface area contributed by atoms with Crippen LogP contribution in [0.25, 0.3) is 22.3 Å². The fourth-order valence-electron chi connectivity index (χ4n) is 3.64. The number of amides is 2. The summed E-state index contributed by atoms with van der Waals surface area (Å²) >= 11 is 0. The quantitative estimate of drug-likeness (QED) is 0.613. The van der Waals surface area contributed by atoms with Gasteiger partial charge in [-0.3, -0.25) is 14.7 Å². The molecule has 1 fully saturated rings. The molecule has 156 valence electrons. The van der Waals surface area contributed by atoms with Crippen molar-refractivity contribution in [2.24, 2.45) is 5.92 Å². The molecule has 1 aromatic carbocycles. The lowest BCUT2D eigenvalue weighted by Gasteiger charge is -2.35. The van der Waals surface area contributed by atoms with Gasteiger partial charge in [0.15, 0.2) is 17.2 Å². The second-order valence-electron chi connectivity index (χ2n) is 7.86. The van der Waals surface area contributed by atoms with Crippen LogP contribution in [0.1, 0.15) is 29.9 Å². The predicted octanol–water partition coefficient (Wildman–Crippen LogP) is 2.37. The first-order valence-electron chi connectivity index (χ1n) is 9.68. The number of benzene rings is 1. The monoisotopic (exact) mass is 411 g/mol. The van der Waals surface area contributed by atoms with E-state index in [1.807, 2.05) is 13.8 Å². The first kappa shape index (κ1) is 19.8. The van der Waals surface area contributed by atoms with E-state index in [9.17, 15) is 19.1 Å². The van der Waals surface area contributed by atoms with Crippen LogP contribution < -0.4 is 5.32 Å². The van der Waals surface area contributed by atoms with E-state index in [4.69, 9.17) is 0 Å². The van der Waals surface area contributed by atoms with Crippen molar-refractivity contribution in [1.29, 1.82) is 0 Å². The molecule has 9 heteroatoms. The van der Waals surface area contributed by atoms with Crippen molar-refractivity contribution in [3.63, 3.8) is 0 Å². The number of aromatic hydroxyl groups is 1. The predicted molar refractivity (Wildman–Crippen MR) is 108 cm³/mol. The van der Waals surface area contributed by atoms with Crippen molar-refractivity contribution in [1.82, 2.24) is 25.4 Å². The highest BCUT2D eigenvalue weighted by Crippen LogP contribution is 2.29. The molecule has 0 bridgehead atoms. The van der Waals surface area contributed by atoms with E-state index in [2.05, 4.69) is 20.5 Å². The van der Waals surface area contributed by atoms with Crippen molar-refractivity contribution in [3.05, 3.63) is 41.3 Å². The number of nitrogens with zero attached hydrogens (tertiary/aromatic N) is 3. The molecule has 8 nitrogen and oxygen atoms in total. The largest absolute Gasteiger partial charge is 0.505 e. The second-order valence-corrected chi connectivity index (χ2v) is 7.86. The van der Waals surface area contributed by atoms with Crippen molar-refractivity contribution < 1.29 is 19.1 Å². The van der Waals surface area contributed by atoms with Crippen LogP contribution in [0.3, 0.4) is 0 Å². The minimum atomic E-state index is -0.782. The Labute approximate surface area is 172 Å². The number of halogens is 1. The third-order valence-corrected chi connectivity index (χ3v) is 5.37. The Morgan fingerprint density at radius 3 is 2.80 bits per heavy atom. The van der Waals surface area contributed by atoms with Crippen LogP contribution in [-0.2, 0) is 4.79 Å². The van der Waals surface area contributed by atoms with Gasteiger partial charge in [-0.1, -0.05) is 13.8 Å². The number of fused-ring (bicyclic) bond motifs is 1. The summed E-state index contributed by atoms with van der Waals surface area (Å²) in [6, 6.07) is 5.36. The zero-order chi connectivity index (χ0) is 21.6. The number of hydrogen-bond acceptors (Lipinski definition) is 5. The van der Waals surface area contributed by atoms with Gasteiger partial charge in [0.05, 0.1) is 28.9 Å². The molecule has 1 aliphatic rings. The molecule has 2 amide bonds. The maximum Gasteiger partial charge on any atom is 0.255 e. The van der Waals surface area contributed by atoms with Gasteiger partial charge in [0, 0.05) is 18.2 Å². The lowest BCUT2D eigenvalue weighted by Crippen LogP contribution is -2.57. The van der Waals surface area contributed by atoms with Crippen LogP contribution in [-0.4, -0.2) is 56.1 Å². The highest BCUT2D eigenvalue weighted by Gasteiger charge is 2.31. The first-order valence-corrected chi connectivity index (χ1v) is 9.68. The SMILES string of the molecule is Cc1n[nH]c2nc(-c3ccc(O)c(F)c3)cc(C(=O)N3CC(=O)NC(C(C)C)C3)c12. The molecular weight excluding hydrogens is 389 g/mol. The lowest BCUT2D eigenvalue weighted by molar-refractivity contribution is -0.125. The van der Waals surface area contributed by atoms with Crippen molar-refractivity contribution >= 4 is 22.8 Å². The number of aromatic amines is 1. The fourth-order valence-corrected chi connectivity index (χ4v) is 3.64. The number of rotatable bonds is 3. The highest BCUT2D eigenvalue weighted by atomic mass is 19.1. The summed E-state index contributed by atoms with van der Waals surface area (Å²) < 4.78 is 13.9. The summed E-state index contributed by atoms with van der Waals surface area (Å²) in [4.78, 5) is 31.6. The normalized spacial score (nSPS) is 16.9. The summed E-state index contributed by atoms with van der Waals surface area (Å²) in [5.41, 5.74) is 2.10. The van der Waals surface area contributed by atoms with E-state index in [1.165, 1.54) is 17.0 Å². The van der Waals surface area contributed by atoms with Crippen LogP contribution in [0.4, 0.5) is 4.39 Å². The molecule has 3 heterocycles. The Bertz CT molecular complexity index is 1160. The molecule has 1 aliphatic heterocycles. The van der Waals surface area contributed by atoms with Gasteiger partial charge in [-0.25, -0.2) is 9.37 Å². The molecule has 0 aliphatic carbocycles. The van der Waals surface area contributed by atoms with E-state index in [-0.39, 0.29) is 30.3 Å². The van der Waals surface area contributed by atoms with Gasteiger partial charge >= 0.3 is 0 Å². The van der Waals surface area contributed by atoms with Crippen LogP contribution in [0.15, 0.2) is 24.3 Å². The zero-order valence-electron chi connectivity index (χ0n) is 16.9. The Morgan fingerprint density at radius 1 is 1.33 bits per heavy atom. The second kappa shape index (κ2) is 7.40. The summed E-state index contributed by atoms with van der Waals surface area (Å²) in [7, 11) is 0. The molecule has 0 spiro atoms. The number of nitrogens with one attached hydrogen (secondary N) is 2. The highest BCUT2D eigenvalue weighted by molar-refractivity contribution is 6.08. The van der Waals surface area contributed by atoms with E-state index in [0.29, 0.717) is 40.1 Å². The Kier molecular flexibility index (Phi) is 4.89. The number of hydrogen-bond donors (Lipinski definition) is 3. The van der Waals surface area contributed by atoms with Crippen LogP contribution in [0.5, 0.6) is 5.75 Å². The summed E-state index contributed by atoms with van der Waals surface area (Å²) in [5, 5.41) is 19.9. The number of pyridine rings is 1. The first-order chi connectivity index (χ1) is 14.2. The average Bonchev–Trinajstić information content (AvgIpc) is 3.09. The number of phenols is 1. The van der Waals surface area contributed by atoms with Gasteiger partial charge in [-0.2, -0.15) is 5.10 Å². The molecule has 1 saturated heterocycles. The Balaban J connectivity index is 1.81. The number of aromatic nitrogens is 3. The van der Waals surface area contributed by atoms with E-state index < -0.39 is 11.6 Å². The molecule has 0 saturated carbocycles. The standard InChI is InChI=1S/C21H22FN5O3/c1-10(2)16-8-27(9-18(29)23-16)21(30)13-7-15(12-4-5-17(28)14(22)6-12)24-20-19(13)11(3)25-26-20/h4-7,10,16,28H,8-9H2,1-3H3,(H,23,29)(H,24,25,26). The third kappa shape index (κ3) is 3.47. The van der Waals surface area contributed by atoms with E-state index in [0.717, 1.165) is 6.07 Å². The maximum atomic E-state index is 13.9. The summed E-state index contributed by atoms with van der Waals surface area (Å²) in [5.74, 6) is -1.59. The average molecular weight is 411 g/mol. The van der Waals surface area contributed by atoms with Crippen LogP contribution >= 0.6 is 0 Å². The molecular formula is C21H22FN5O3. The number of piperazine rings is 1. The topological polar surface area (TPSA) is 111 Å². The summed E-state index contributed by atoms with van der Waals surface area (Å²) in [6.45, 7) is 6.09.